The van der Waals surface area contributed by atoms with Crippen molar-refractivity contribution in [2.45, 2.75) is 70.5 Å². The maximum Gasteiger partial charge on any atom is 0.325 e. The van der Waals surface area contributed by atoms with E-state index in [2.05, 4.69) is 15.4 Å². The molecule has 0 bridgehead atoms. The lowest BCUT2D eigenvalue weighted by Gasteiger charge is -2.43. The number of hydrogen-bond acceptors (Lipinski definition) is 6. The van der Waals surface area contributed by atoms with Gasteiger partial charge in [-0.15, -0.1) is 0 Å². The van der Waals surface area contributed by atoms with E-state index in [9.17, 15) is 28.8 Å². The molecule has 3 atom stereocenters. The zero-order valence-corrected chi connectivity index (χ0v) is 18.5. The number of ketones is 1. The number of amides is 4. The highest BCUT2D eigenvalue weighted by molar-refractivity contribution is 6.28. The highest BCUT2D eigenvalue weighted by Gasteiger charge is 2.45. The molecule has 0 aliphatic carbocycles. The fourth-order valence-electron chi connectivity index (χ4n) is 3.71. The van der Waals surface area contributed by atoms with Crippen molar-refractivity contribution in [1.82, 2.24) is 20.7 Å². The van der Waals surface area contributed by atoms with Gasteiger partial charge < -0.3 is 21.3 Å². The zero-order valence-electron chi connectivity index (χ0n) is 18.5. The van der Waals surface area contributed by atoms with Crippen molar-refractivity contribution in [1.29, 1.82) is 0 Å². The Labute approximate surface area is 190 Å². The molecule has 2 aliphatic heterocycles. The number of carbonyl (C=O) groups excluding carboxylic acids is 5. The predicted octanol–water partition coefficient (Wildman–Crippen LogP) is -1.13. The number of carboxylic acids is 1. The van der Waals surface area contributed by atoms with Gasteiger partial charge in [0, 0.05) is 25.3 Å². The topological polar surface area (TPSA) is 190 Å². The standard InChI is InChI=1S/C20H28N6O7/c1-11(2)18(31)24-13-5-7-16(28)25-9-3-4-14(26(25)20(13)33)19(32)23-12(6-8-17(29)30)15(27)10-22-21/h10-14H,3-9H2,1-2H3,(H,23,32)(H,24,31)(H,29,30)/t12-,13-,14-/m0/s1. The number of hydrazine groups is 1. The molecule has 0 spiro atoms. The molecule has 180 valence electrons. The number of Topliss-reactive ketones (excluding diaryl/α,β-unsaturated/α-hetero) is 1. The van der Waals surface area contributed by atoms with E-state index < -0.39 is 48.1 Å². The van der Waals surface area contributed by atoms with Crippen molar-refractivity contribution in [2.75, 3.05) is 6.54 Å². The maximum atomic E-state index is 13.3. The summed E-state index contributed by atoms with van der Waals surface area (Å²) in [6, 6.07) is -3.43. The van der Waals surface area contributed by atoms with E-state index in [0.29, 0.717) is 12.6 Å². The number of carboxylic acid groups (broad SMARTS) is 1. The van der Waals surface area contributed by atoms with Gasteiger partial charge in [0.25, 0.3) is 11.7 Å². The highest BCUT2D eigenvalue weighted by Crippen LogP contribution is 2.25. The summed E-state index contributed by atoms with van der Waals surface area (Å²) >= 11 is 0. The average Bonchev–Trinajstić information content (AvgIpc) is 2.88. The molecule has 0 unspecified atom stereocenters. The SMILES string of the molecule is CC(C)C(=O)N[C@H]1CCC(=O)N2CCC[C@@H](C(=O)N[C@@H](CCC(=O)O)C(=O)C=[N+]=[N-])N2C1=O. The molecule has 0 aromatic carbocycles. The van der Waals surface area contributed by atoms with Gasteiger partial charge in [0.2, 0.25) is 17.7 Å². The second-order valence-electron chi connectivity index (χ2n) is 8.25. The molecule has 33 heavy (non-hydrogen) atoms. The molecule has 13 heteroatoms. The molecular formula is C20H28N6O7. The Morgan fingerprint density at radius 1 is 1.24 bits per heavy atom. The van der Waals surface area contributed by atoms with Crippen LogP contribution in [0.4, 0.5) is 0 Å². The van der Waals surface area contributed by atoms with Gasteiger partial charge in [-0.1, -0.05) is 13.8 Å². The lowest BCUT2D eigenvalue weighted by Crippen LogP contribution is -2.64. The number of carbonyl (C=O) groups is 6. The lowest BCUT2D eigenvalue weighted by molar-refractivity contribution is -0.176. The van der Waals surface area contributed by atoms with Crippen LogP contribution in [-0.4, -0.2) is 86.2 Å². The Kier molecular flexibility index (Phi) is 8.80. The minimum atomic E-state index is -1.30. The number of nitrogens with one attached hydrogen (secondary N) is 2. The first kappa shape index (κ1) is 25.7. The van der Waals surface area contributed by atoms with Gasteiger partial charge in [0.15, 0.2) is 0 Å². The number of fused-ring (bicyclic) bond motifs is 1. The van der Waals surface area contributed by atoms with Crippen molar-refractivity contribution in [3.8, 4) is 0 Å². The molecule has 0 radical (unpaired) electrons. The largest absolute Gasteiger partial charge is 0.481 e. The summed E-state index contributed by atoms with van der Waals surface area (Å²) in [5.74, 6) is -4.50. The summed E-state index contributed by atoms with van der Waals surface area (Å²) in [7, 11) is 0. The fraction of sp³-hybridized carbons (Fsp3) is 0.650. The Bertz CT molecular complexity index is 882. The Balaban J connectivity index is 2.28. The lowest BCUT2D eigenvalue weighted by atomic mass is 10.0. The fourth-order valence-corrected chi connectivity index (χ4v) is 3.71. The quantitative estimate of drug-likeness (QED) is 0.218. The van der Waals surface area contributed by atoms with E-state index in [4.69, 9.17) is 10.6 Å². The van der Waals surface area contributed by atoms with E-state index in [1.54, 1.807) is 13.8 Å². The summed E-state index contributed by atoms with van der Waals surface area (Å²) < 4.78 is 0. The summed E-state index contributed by atoms with van der Waals surface area (Å²) in [5, 5.41) is 16.2. The zero-order chi connectivity index (χ0) is 24.7. The van der Waals surface area contributed by atoms with Crippen molar-refractivity contribution < 1.29 is 38.7 Å². The number of rotatable bonds is 9. The highest BCUT2D eigenvalue weighted by atomic mass is 16.4. The molecule has 2 saturated heterocycles. The van der Waals surface area contributed by atoms with Gasteiger partial charge >= 0.3 is 12.2 Å². The van der Waals surface area contributed by atoms with Gasteiger partial charge in [-0.25, -0.2) is 5.01 Å². The second-order valence-corrected chi connectivity index (χ2v) is 8.25. The van der Waals surface area contributed by atoms with Crippen LogP contribution in [0.15, 0.2) is 0 Å². The number of hydrogen-bond donors (Lipinski definition) is 3. The summed E-state index contributed by atoms with van der Waals surface area (Å²) in [6.07, 6.45) is 0.566. The third kappa shape index (κ3) is 6.45. The summed E-state index contributed by atoms with van der Waals surface area (Å²) in [6.45, 7) is 3.54. The van der Waals surface area contributed by atoms with Crippen LogP contribution in [0.2, 0.25) is 0 Å². The number of nitrogens with zero attached hydrogens (tertiary/aromatic N) is 4. The number of aliphatic carboxylic acids is 1. The van der Waals surface area contributed by atoms with E-state index in [1.807, 2.05) is 0 Å². The molecule has 0 saturated carbocycles. The van der Waals surface area contributed by atoms with Crippen molar-refractivity contribution in [2.24, 2.45) is 5.92 Å². The molecule has 3 N–H and O–H groups in total. The van der Waals surface area contributed by atoms with Crippen molar-refractivity contribution in [3.63, 3.8) is 0 Å². The van der Waals surface area contributed by atoms with Crippen LogP contribution in [0.25, 0.3) is 5.53 Å². The molecule has 4 amide bonds. The molecule has 2 heterocycles. The van der Waals surface area contributed by atoms with Crippen LogP contribution < -0.4 is 10.6 Å². The van der Waals surface area contributed by atoms with Gasteiger partial charge in [-0.05, 0) is 25.7 Å². The van der Waals surface area contributed by atoms with Crippen LogP contribution in [0.5, 0.6) is 0 Å². The molecule has 0 aromatic heterocycles. The van der Waals surface area contributed by atoms with E-state index >= 15 is 0 Å². The molecule has 2 rings (SSSR count). The maximum absolute atomic E-state index is 13.3. The van der Waals surface area contributed by atoms with Crippen LogP contribution >= 0.6 is 0 Å². The average molecular weight is 464 g/mol. The second kappa shape index (κ2) is 11.3. The Hall–Kier alpha value is -3.60. The summed E-state index contributed by atoms with van der Waals surface area (Å²) in [5.41, 5.74) is 8.62. The van der Waals surface area contributed by atoms with Crippen molar-refractivity contribution >= 4 is 41.6 Å². The van der Waals surface area contributed by atoms with Gasteiger partial charge in [0.05, 0.1) is 6.04 Å². The van der Waals surface area contributed by atoms with Gasteiger partial charge in [-0.3, -0.25) is 33.8 Å². The first-order chi connectivity index (χ1) is 15.6. The Morgan fingerprint density at radius 3 is 2.55 bits per heavy atom. The normalized spacial score (nSPS) is 21.4. The smallest absolute Gasteiger partial charge is 0.325 e. The molecule has 2 fully saturated rings. The van der Waals surface area contributed by atoms with Crippen LogP contribution in [0.1, 0.15) is 52.4 Å². The first-order valence-electron chi connectivity index (χ1n) is 10.7. The monoisotopic (exact) mass is 464 g/mol. The first-order valence-corrected chi connectivity index (χ1v) is 10.7. The van der Waals surface area contributed by atoms with E-state index in [-0.39, 0.29) is 50.0 Å². The predicted molar refractivity (Wildman–Crippen MR) is 111 cm³/mol. The minimum absolute atomic E-state index is 0.00626. The Morgan fingerprint density at radius 2 is 1.94 bits per heavy atom. The van der Waals surface area contributed by atoms with E-state index in [1.165, 1.54) is 5.01 Å². The molecule has 0 aromatic rings. The van der Waals surface area contributed by atoms with Crippen LogP contribution in [0, 0.1) is 5.92 Å². The minimum Gasteiger partial charge on any atom is -0.481 e. The van der Waals surface area contributed by atoms with Gasteiger partial charge in [-0.2, -0.15) is 4.79 Å². The molecule has 13 nitrogen and oxygen atoms in total. The molecule has 2 aliphatic rings. The third-order valence-corrected chi connectivity index (χ3v) is 5.50. The summed E-state index contributed by atoms with van der Waals surface area (Å²) in [4.78, 5) is 76.8. The van der Waals surface area contributed by atoms with E-state index in [0.717, 1.165) is 5.01 Å². The van der Waals surface area contributed by atoms with Crippen molar-refractivity contribution in [3.05, 3.63) is 5.53 Å². The third-order valence-electron chi connectivity index (χ3n) is 5.50. The molecular weight excluding hydrogens is 436 g/mol. The van der Waals surface area contributed by atoms with Crippen LogP contribution in [0.3, 0.4) is 0 Å². The van der Waals surface area contributed by atoms with Crippen LogP contribution in [-0.2, 0) is 28.8 Å². The van der Waals surface area contributed by atoms with Gasteiger partial charge in [0.1, 0.15) is 12.1 Å².